The van der Waals surface area contributed by atoms with Gasteiger partial charge in [-0.2, -0.15) is 0 Å². The average Bonchev–Trinajstić information content (AvgIpc) is 3.26. The van der Waals surface area contributed by atoms with Crippen molar-refractivity contribution in [1.29, 1.82) is 0 Å². The van der Waals surface area contributed by atoms with E-state index in [0.29, 0.717) is 31.0 Å². The van der Waals surface area contributed by atoms with Crippen LogP contribution in [-0.4, -0.2) is 52.1 Å². The Morgan fingerprint density at radius 3 is 2.73 bits per heavy atom. The number of primary amides is 1. The molecular formula is C21H26N4O5. The molecule has 0 aromatic carbocycles. The number of hydrogen-bond donors (Lipinski definition) is 1. The quantitative estimate of drug-likeness (QED) is 0.567. The van der Waals surface area contributed by atoms with Crippen LogP contribution < -0.4 is 5.73 Å². The molecule has 9 nitrogen and oxygen atoms in total. The molecule has 1 aliphatic heterocycles. The van der Waals surface area contributed by atoms with E-state index in [0.717, 1.165) is 17.0 Å². The van der Waals surface area contributed by atoms with Crippen LogP contribution >= 0.6 is 0 Å². The highest BCUT2D eigenvalue weighted by Crippen LogP contribution is 2.22. The first-order valence-electron chi connectivity index (χ1n) is 9.81. The fourth-order valence-corrected chi connectivity index (χ4v) is 3.63. The number of likely N-dealkylation sites (tertiary alicyclic amines) is 1. The Morgan fingerprint density at radius 1 is 1.30 bits per heavy atom. The first-order chi connectivity index (χ1) is 14.3. The molecule has 0 unspecified atom stereocenters. The lowest BCUT2D eigenvalue weighted by molar-refractivity contribution is -0.149. The van der Waals surface area contributed by atoms with Gasteiger partial charge in [0.1, 0.15) is 5.76 Å². The number of aryl methyl sites for hydroxylation is 2. The Hall–Kier alpha value is -3.36. The second-order valence-electron chi connectivity index (χ2n) is 7.48. The monoisotopic (exact) mass is 414 g/mol. The molecule has 2 amide bonds. The molecule has 1 saturated heterocycles. The molecule has 0 radical (unpaired) electrons. The van der Waals surface area contributed by atoms with E-state index in [1.165, 1.54) is 11.0 Å². The molecule has 0 saturated carbocycles. The predicted molar refractivity (Wildman–Crippen MR) is 109 cm³/mol. The summed E-state index contributed by atoms with van der Waals surface area (Å²) in [6, 6.07) is 3.75. The summed E-state index contributed by atoms with van der Waals surface area (Å²) in [5.41, 5.74) is 8.00. The maximum absolute atomic E-state index is 12.3. The van der Waals surface area contributed by atoms with Crippen LogP contribution in [0.4, 0.5) is 0 Å². The van der Waals surface area contributed by atoms with Crippen molar-refractivity contribution in [3.63, 3.8) is 0 Å². The molecule has 0 aliphatic carbocycles. The normalized spacial score (nSPS) is 16.8. The van der Waals surface area contributed by atoms with E-state index in [2.05, 4.69) is 5.16 Å². The summed E-state index contributed by atoms with van der Waals surface area (Å²) >= 11 is 0. The summed E-state index contributed by atoms with van der Waals surface area (Å²) in [5, 5.41) is 4.03. The molecule has 1 fully saturated rings. The number of esters is 1. The summed E-state index contributed by atoms with van der Waals surface area (Å²) < 4.78 is 12.1. The van der Waals surface area contributed by atoms with Gasteiger partial charge in [0, 0.05) is 36.6 Å². The molecule has 1 aliphatic rings. The van der Waals surface area contributed by atoms with E-state index >= 15 is 0 Å². The van der Waals surface area contributed by atoms with E-state index in [4.69, 9.17) is 15.0 Å². The van der Waals surface area contributed by atoms with E-state index < -0.39 is 11.9 Å². The van der Waals surface area contributed by atoms with Crippen molar-refractivity contribution in [3.05, 3.63) is 40.9 Å². The number of carbonyl (C=O) groups is 3. The number of nitrogens with zero attached hydrogens (tertiary/aromatic N) is 3. The Bertz CT molecular complexity index is 988. The molecule has 160 valence electrons. The molecular weight excluding hydrogens is 388 g/mol. The molecule has 30 heavy (non-hydrogen) atoms. The molecule has 0 spiro atoms. The second kappa shape index (κ2) is 8.98. The highest BCUT2D eigenvalue weighted by Gasteiger charge is 2.27. The maximum Gasteiger partial charge on any atom is 0.331 e. The number of carbonyl (C=O) groups excluding carboxylic acids is 3. The fraction of sp³-hybridized carbons (Fsp3) is 0.429. The third kappa shape index (κ3) is 4.79. The van der Waals surface area contributed by atoms with Gasteiger partial charge in [-0.25, -0.2) is 4.79 Å². The molecule has 1 atom stereocenters. The van der Waals surface area contributed by atoms with E-state index in [9.17, 15) is 14.4 Å². The minimum atomic E-state index is -0.617. The minimum Gasteiger partial charge on any atom is -0.452 e. The van der Waals surface area contributed by atoms with Crippen LogP contribution in [0.15, 0.2) is 22.7 Å². The molecule has 0 bridgehead atoms. The lowest BCUT2D eigenvalue weighted by Crippen LogP contribution is -2.45. The average molecular weight is 414 g/mol. The fourth-order valence-electron chi connectivity index (χ4n) is 3.63. The van der Waals surface area contributed by atoms with Crippen LogP contribution in [0.3, 0.4) is 0 Å². The van der Waals surface area contributed by atoms with Gasteiger partial charge in [0.25, 0.3) is 5.91 Å². The first kappa shape index (κ1) is 21.4. The van der Waals surface area contributed by atoms with Gasteiger partial charge in [0.2, 0.25) is 5.91 Å². The van der Waals surface area contributed by atoms with E-state index in [1.807, 2.05) is 37.5 Å². The molecule has 2 N–H and O–H groups in total. The number of hydrogen-bond acceptors (Lipinski definition) is 6. The van der Waals surface area contributed by atoms with E-state index in [-0.39, 0.29) is 25.0 Å². The second-order valence-corrected chi connectivity index (χ2v) is 7.48. The summed E-state index contributed by atoms with van der Waals surface area (Å²) in [6.07, 6.45) is 4.31. The van der Waals surface area contributed by atoms with Crippen LogP contribution in [0, 0.1) is 26.7 Å². The number of amides is 2. The number of aromatic nitrogens is 2. The molecule has 9 heteroatoms. The number of rotatable bonds is 6. The summed E-state index contributed by atoms with van der Waals surface area (Å²) in [4.78, 5) is 37.2. The van der Waals surface area contributed by atoms with Crippen molar-refractivity contribution in [3.8, 4) is 5.82 Å². The van der Waals surface area contributed by atoms with Crippen molar-refractivity contribution >= 4 is 23.9 Å². The van der Waals surface area contributed by atoms with Gasteiger partial charge in [-0.1, -0.05) is 5.16 Å². The zero-order valence-electron chi connectivity index (χ0n) is 17.4. The Labute approximate surface area is 174 Å². The van der Waals surface area contributed by atoms with E-state index in [1.54, 1.807) is 6.08 Å². The maximum atomic E-state index is 12.3. The van der Waals surface area contributed by atoms with Gasteiger partial charge < -0.3 is 19.9 Å². The molecule has 3 rings (SSSR count). The third-order valence-corrected chi connectivity index (χ3v) is 5.23. The SMILES string of the molecule is Cc1cc(-n2c(C)cc(/C=C/C(=O)OCC(=O)N3CCC[C@H](C(N)=O)C3)c2C)no1. The van der Waals surface area contributed by atoms with Gasteiger partial charge in [-0.05, 0) is 51.3 Å². The van der Waals surface area contributed by atoms with Crippen molar-refractivity contribution < 1.29 is 23.6 Å². The largest absolute Gasteiger partial charge is 0.452 e. The van der Waals surface area contributed by atoms with Crippen LogP contribution in [0.2, 0.25) is 0 Å². The Kier molecular flexibility index (Phi) is 6.39. The standard InChI is InChI=1S/C21H26N4O5/c1-13-9-16(15(3)25(13)18-10-14(2)30-23-18)6-7-20(27)29-12-19(26)24-8-4-5-17(11-24)21(22)28/h6-7,9-10,17H,4-5,8,11-12H2,1-3H3,(H2,22,28)/b7-6+/t17-/m0/s1. The highest BCUT2D eigenvalue weighted by molar-refractivity contribution is 5.89. The predicted octanol–water partition coefficient (Wildman–Crippen LogP) is 1.67. The van der Waals surface area contributed by atoms with Crippen molar-refractivity contribution in [2.24, 2.45) is 11.7 Å². The minimum absolute atomic E-state index is 0.273. The smallest absolute Gasteiger partial charge is 0.331 e. The molecule has 2 aromatic heterocycles. The summed E-state index contributed by atoms with van der Waals surface area (Å²) in [5.74, 6) is -0.325. The van der Waals surface area contributed by atoms with Gasteiger partial charge >= 0.3 is 5.97 Å². The summed E-state index contributed by atoms with van der Waals surface area (Å²) in [6.45, 7) is 6.10. The lowest BCUT2D eigenvalue weighted by atomic mass is 9.97. The van der Waals surface area contributed by atoms with Crippen LogP contribution in [0.1, 0.15) is 35.6 Å². The van der Waals surface area contributed by atoms with Crippen molar-refractivity contribution in [1.82, 2.24) is 14.6 Å². The number of piperidine rings is 1. The Morgan fingerprint density at radius 2 is 2.07 bits per heavy atom. The van der Waals surface area contributed by atoms with Crippen LogP contribution in [0.5, 0.6) is 0 Å². The third-order valence-electron chi connectivity index (χ3n) is 5.23. The zero-order chi connectivity index (χ0) is 21.8. The van der Waals surface area contributed by atoms with Gasteiger partial charge in [-0.15, -0.1) is 0 Å². The summed E-state index contributed by atoms with van der Waals surface area (Å²) in [7, 11) is 0. The van der Waals surface area contributed by atoms with Crippen LogP contribution in [-0.2, 0) is 19.1 Å². The molecule has 2 aromatic rings. The lowest BCUT2D eigenvalue weighted by Gasteiger charge is -2.30. The zero-order valence-corrected chi connectivity index (χ0v) is 17.4. The van der Waals surface area contributed by atoms with Crippen LogP contribution in [0.25, 0.3) is 11.9 Å². The first-order valence-corrected chi connectivity index (χ1v) is 9.81. The Balaban J connectivity index is 1.57. The van der Waals surface area contributed by atoms with Gasteiger partial charge in [0.05, 0.1) is 5.92 Å². The van der Waals surface area contributed by atoms with Crippen molar-refractivity contribution in [2.75, 3.05) is 19.7 Å². The van der Waals surface area contributed by atoms with Gasteiger partial charge in [-0.3, -0.25) is 14.2 Å². The van der Waals surface area contributed by atoms with Gasteiger partial charge in [0.15, 0.2) is 12.4 Å². The molecule has 3 heterocycles. The van der Waals surface area contributed by atoms with Crippen molar-refractivity contribution in [2.45, 2.75) is 33.6 Å². The number of nitrogens with two attached hydrogens (primary N) is 1. The highest BCUT2D eigenvalue weighted by atomic mass is 16.5. The number of ether oxygens (including phenoxy) is 1. The topological polar surface area (TPSA) is 121 Å².